The number of hydrogen-bond donors (Lipinski definition) is 1. The van der Waals surface area contributed by atoms with Gasteiger partial charge in [0.25, 0.3) is 0 Å². The van der Waals surface area contributed by atoms with E-state index in [-0.39, 0.29) is 17.5 Å². The van der Waals surface area contributed by atoms with Crippen molar-refractivity contribution in [3.63, 3.8) is 0 Å². The first kappa shape index (κ1) is 9.89. The minimum atomic E-state index is -0.684. The molecule has 1 heterocycles. The van der Waals surface area contributed by atoms with Crippen LogP contribution >= 0.6 is 0 Å². The van der Waals surface area contributed by atoms with Gasteiger partial charge in [-0.1, -0.05) is 0 Å². The van der Waals surface area contributed by atoms with Crippen molar-refractivity contribution < 1.29 is 8.78 Å². The molecule has 80 valence electrons. The van der Waals surface area contributed by atoms with E-state index in [4.69, 9.17) is 5.73 Å². The number of nitrogens with two attached hydrogens (primary N) is 1. The first-order valence-electron chi connectivity index (χ1n) is 4.63. The van der Waals surface area contributed by atoms with E-state index in [9.17, 15) is 8.78 Å². The summed E-state index contributed by atoms with van der Waals surface area (Å²) in [5.74, 6) is -1.11. The average molecular weight is 211 g/mol. The highest BCUT2D eigenvalue weighted by molar-refractivity contribution is 5.79. The van der Waals surface area contributed by atoms with Gasteiger partial charge in [0.15, 0.2) is 5.82 Å². The number of rotatable bonds is 1. The van der Waals surface area contributed by atoms with Crippen LogP contribution in [0.3, 0.4) is 0 Å². The Morgan fingerprint density at radius 2 is 2.00 bits per heavy atom. The molecule has 1 aromatic heterocycles. The van der Waals surface area contributed by atoms with Crippen LogP contribution in [0.2, 0.25) is 0 Å². The summed E-state index contributed by atoms with van der Waals surface area (Å²) >= 11 is 0. The van der Waals surface area contributed by atoms with Gasteiger partial charge in [0, 0.05) is 18.2 Å². The molecule has 0 saturated carbocycles. The molecular formula is C10H11F2N3. The number of hydrogen-bond acceptors (Lipinski definition) is 2. The number of fused-ring (bicyclic) bond motifs is 1. The fourth-order valence-corrected chi connectivity index (χ4v) is 1.68. The smallest absolute Gasteiger partial charge is 0.201 e. The standard InChI is InChI=1S/C10H11F2N3/c1-5(2)15-8-4-6(11)3-7(12)9(8)14-10(15)13/h3-5H,1-2H3,(H2,13,14). The molecule has 0 aliphatic rings. The number of anilines is 1. The first-order chi connectivity index (χ1) is 7.00. The van der Waals surface area contributed by atoms with Crippen molar-refractivity contribution in [3.05, 3.63) is 23.8 Å². The Hall–Kier alpha value is -1.65. The summed E-state index contributed by atoms with van der Waals surface area (Å²) in [5.41, 5.74) is 6.14. The SMILES string of the molecule is CC(C)n1c(N)nc2c(F)cc(F)cc21. The highest BCUT2D eigenvalue weighted by Crippen LogP contribution is 2.25. The van der Waals surface area contributed by atoms with Crippen LogP contribution in [0.4, 0.5) is 14.7 Å². The van der Waals surface area contributed by atoms with E-state index < -0.39 is 11.6 Å². The second-order valence-corrected chi connectivity index (χ2v) is 3.69. The van der Waals surface area contributed by atoms with Gasteiger partial charge in [0.1, 0.15) is 11.3 Å². The highest BCUT2D eigenvalue weighted by atomic mass is 19.1. The summed E-state index contributed by atoms with van der Waals surface area (Å²) in [5, 5.41) is 0. The molecule has 1 aromatic carbocycles. The monoisotopic (exact) mass is 211 g/mol. The summed E-state index contributed by atoms with van der Waals surface area (Å²) in [6, 6.07) is 2.05. The fraction of sp³-hybridized carbons (Fsp3) is 0.300. The van der Waals surface area contributed by atoms with E-state index in [1.807, 2.05) is 13.8 Å². The van der Waals surface area contributed by atoms with Crippen molar-refractivity contribution in [2.24, 2.45) is 0 Å². The lowest BCUT2D eigenvalue weighted by molar-refractivity contribution is 0.587. The highest BCUT2D eigenvalue weighted by Gasteiger charge is 2.15. The molecule has 0 spiro atoms. The normalized spacial score (nSPS) is 11.5. The predicted octanol–water partition coefficient (Wildman–Crippen LogP) is 2.48. The molecular weight excluding hydrogens is 200 g/mol. The van der Waals surface area contributed by atoms with Gasteiger partial charge in [0.05, 0.1) is 5.52 Å². The Bertz CT molecular complexity index is 517. The maximum Gasteiger partial charge on any atom is 0.201 e. The molecule has 0 amide bonds. The van der Waals surface area contributed by atoms with Gasteiger partial charge in [0.2, 0.25) is 5.95 Å². The van der Waals surface area contributed by atoms with Gasteiger partial charge in [-0.3, -0.25) is 0 Å². The molecule has 0 atom stereocenters. The molecule has 0 saturated heterocycles. The molecule has 5 heteroatoms. The second kappa shape index (κ2) is 3.18. The molecule has 0 bridgehead atoms. The quantitative estimate of drug-likeness (QED) is 0.787. The van der Waals surface area contributed by atoms with Gasteiger partial charge in [-0.15, -0.1) is 0 Å². The summed E-state index contributed by atoms with van der Waals surface area (Å²) < 4.78 is 28.0. The van der Waals surface area contributed by atoms with Crippen molar-refractivity contribution in [1.82, 2.24) is 9.55 Å². The third-order valence-corrected chi connectivity index (χ3v) is 2.26. The average Bonchev–Trinajstić information content (AvgIpc) is 2.41. The van der Waals surface area contributed by atoms with Crippen molar-refractivity contribution in [2.45, 2.75) is 19.9 Å². The number of nitrogens with zero attached hydrogens (tertiary/aromatic N) is 2. The molecule has 3 nitrogen and oxygen atoms in total. The number of benzene rings is 1. The number of aromatic nitrogens is 2. The summed E-state index contributed by atoms with van der Waals surface area (Å²) in [4.78, 5) is 3.87. The number of imidazole rings is 1. The fourth-order valence-electron chi connectivity index (χ4n) is 1.68. The van der Waals surface area contributed by atoms with E-state index in [0.29, 0.717) is 5.52 Å². The van der Waals surface area contributed by atoms with Crippen LogP contribution < -0.4 is 5.73 Å². The Morgan fingerprint density at radius 3 is 2.60 bits per heavy atom. The molecule has 2 N–H and O–H groups in total. The molecule has 2 rings (SSSR count). The van der Waals surface area contributed by atoms with Crippen molar-refractivity contribution >= 4 is 17.0 Å². The first-order valence-corrected chi connectivity index (χ1v) is 4.63. The van der Waals surface area contributed by atoms with Crippen LogP contribution in [0.5, 0.6) is 0 Å². The van der Waals surface area contributed by atoms with E-state index >= 15 is 0 Å². The zero-order chi connectivity index (χ0) is 11.2. The molecule has 0 radical (unpaired) electrons. The largest absolute Gasteiger partial charge is 0.369 e. The van der Waals surface area contributed by atoms with Crippen LogP contribution in [0.1, 0.15) is 19.9 Å². The molecule has 0 aliphatic carbocycles. The lowest BCUT2D eigenvalue weighted by Crippen LogP contribution is -2.05. The minimum absolute atomic E-state index is 0.0104. The lowest BCUT2D eigenvalue weighted by atomic mass is 10.2. The van der Waals surface area contributed by atoms with Crippen molar-refractivity contribution in [2.75, 3.05) is 5.73 Å². The Morgan fingerprint density at radius 1 is 1.33 bits per heavy atom. The number of halogens is 2. The van der Waals surface area contributed by atoms with Gasteiger partial charge in [-0.05, 0) is 13.8 Å². The van der Waals surface area contributed by atoms with Crippen LogP contribution in [0.15, 0.2) is 12.1 Å². The summed E-state index contributed by atoms with van der Waals surface area (Å²) in [6.07, 6.45) is 0. The molecule has 0 fully saturated rings. The Balaban J connectivity index is 2.86. The van der Waals surface area contributed by atoms with E-state index in [0.717, 1.165) is 6.07 Å². The van der Waals surface area contributed by atoms with Gasteiger partial charge < -0.3 is 10.3 Å². The van der Waals surface area contributed by atoms with Gasteiger partial charge in [-0.2, -0.15) is 0 Å². The zero-order valence-electron chi connectivity index (χ0n) is 8.46. The maximum atomic E-state index is 13.3. The van der Waals surface area contributed by atoms with Gasteiger partial charge in [-0.25, -0.2) is 13.8 Å². The third kappa shape index (κ3) is 1.44. The van der Waals surface area contributed by atoms with Crippen LogP contribution in [-0.2, 0) is 0 Å². The molecule has 0 aliphatic heterocycles. The van der Waals surface area contributed by atoms with Crippen LogP contribution in [0.25, 0.3) is 11.0 Å². The van der Waals surface area contributed by atoms with E-state index in [2.05, 4.69) is 4.98 Å². The van der Waals surface area contributed by atoms with Crippen LogP contribution in [0, 0.1) is 11.6 Å². The second-order valence-electron chi connectivity index (χ2n) is 3.69. The number of nitrogen functional groups attached to an aromatic ring is 1. The van der Waals surface area contributed by atoms with E-state index in [1.165, 1.54) is 6.07 Å². The molecule has 0 unspecified atom stereocenters. The van der Waals surface area contributed by atoms with Gasteiger partial charge >= 0.3 is 0 Å². The topological polar surface area (TPSA) is 43.8 Å². The predicted molar refractivity (Wildman–Crippen MR) is 54.4 cm³/mol. The maximum absolute atomic E-state index is 13.3. The zero-order valence-corrected chi connectivity index (χ0v) is 8.46. The van der Waals surface area contributed by atoms with Crippen LogP contribution in [-0.4, -0.2) is 9.55 Å². The summed E-state index contributed by atoms with van der Waals surface area (Å²) in [6.45, 7) is 3.75. The van der Waals surface area contributed by atoms with Crippen molar-refractivity contribution in [3.8, 4) is 0 Å². The molecule has 2 aromatic rings. The minimum Gasteiger partial charge on any atom is -0.369 e. The molecule has 15 heavy (non-hydrogen) atoms. The Kier molecular flexibility index (Phi) is 2.10. The van der Waals surface area contributed by atoms with Crippen molar-refractivity contribution in [1.29, 1.82) is 0 Å². The van der Waals surface area contributed by atoms with E-state index in [1.54, 1.807) is 4.57 Å². The third-order valence-electron chi connectivity index (χ3n) is 2.26. The summed E-state index contributed by atoms with van der Waals surface area (Å²) in [7, 11) is 0. The Labute approximate surface area is 85.5 Å². The lowest BCUT2D eigenvalue weighted by Gasteiger charge is -2.09.